The van der Waals surface area contributed by atoms with Gasteiger partial charge in [0, 0.05) is 19.3 Å². The highest BCUT2D eigenvalue weighted by atomic mass is 16.5. The Hall–Kier alpha value is -3.99. The number of carbonyl (C=O) groups excluding carboxylic acids is 4. The number of nitrogens with one attached hydrogen (secondary N) is 1. The number of hydrogen-bond donors (Lipinski definition) is 3. The van der Waals surface area contributed by atoms with Gasteiger partial charge in [0.1, 0.15) is 24.2 Å². The third-order valence-electron chi connectivity index (χ3n) is 8.18. The molecule has 11 nitrogen and oxygen atoms in total. The zero-order valence-corrected chi connectivity index (χ0v) is 30.0. The van der Waals surface area contributed by atoms with Crippen molar-refractivity contribution in [2.75, 3.05) is 20.8 Å². The molecule has 1 rings (SSSR count). The SMILES string of the molecule is CCCCCCCC(=O)CCCCCC/C=C/[C@@H](C(=O)N[C@@H](Cc1ccc(OCC=C(C)C)cc1)C(=O)OC)[C@@](O)(CC(=O)OC)C(=O)O. The highest BCUT2D eigenvalue weighted by Crippen LogP contribution is 2.26. The Labute approximate surface area is 291 Å². The smallest absolute Gasteiger partial charge is 0.337 e. The van der Waals surface area contributed by atoms with E-state index in [1.165, 1.54) is 25.3 Å². The van der Waals surface area contributed by atoms with Crippen LogP contribution < -0.4 is 10.1 Å². The average Bonchev–Trinajstić information content (AvgIpc) is 3.07. The van der Waals surface area contributed by atoms with Crippen LogP contribution in [-0.4, -0.2) is 72.3 Å². The number of aliphatic hydroxyl groups is 1. The van der Waals surface area contributed by atoms with Crippen LogP contribution >= 0.6 is 0 Å². The number of ketones is 1. The number of allylic oxidation sites excluding steroid dienone is 2. The van der Waals surface area contributed by atoms with E-state index in [1.54, 1.807) is 30.3 Å². The Bertz CT molecular complexity index is 1240. The minimum atomic E-state index is -2.85. The van der Waals surface area contributed by atoms with E-state index in [4.69, 9.17) is 9.47 Å². The Morgan fingerprint density at radius 2 is 1.49 bits per heavy atom. The largest absolute Gasteiger partial charge is 0.490 e. The van der Waals surface area contributed by atoms with Gasteiger partial charge in [0.15, 0.2) is 5.60 Å². The summed E-state index contributed by atoms with van der Waals surface area (Å²) in [5.74, 6) is -5.41. The number of carboxylic acid groups (broad SMARTS) is 1. The van der Waals surface area contributed by atoms with Gasteiger partial charge in [0.2, 0.25) is 5.91 Å². The normalized spacial score (nSPS) is 13.5. The van der Waals surface area contributed by atoms with Crippen LogP contribution in [0.15, 0.2) is 48.1 Å². The monoisotopic (exact) mass is 687 g/mol. The topological polar surface area (TPSA) is 166 Å². The molecule has 0 heterocycles. The second kappa shape index (κ2) is 24.2. The first kappa shape index (κ1) is 43.0. The Balaban J connectivity index is 2.94. The Morgan fingerprint density at radius 1 is 0.878 bits per heavy atom. The third kappa shape index (κ3) is 17.3. The van der Waals surface area contributed by atoms with Crippen molar-refractivity contribution in [2.24, 2.45) is 5.92 Å². The molecule has 1 aromatic carbocycles. The second-order valence-corrected chi connectivity index (χ2v) is 12.6. The molecule has 3 atom stereocenters. The quantitative estimate of drug-likeness (QED) is 0.0593. The summed E-state index contributed by atoms with van der Waals surface area (Å²) in [6.45, 7) is 6.49. The first-order valence-corrected chi connectivity index (χ1v) is 17.3. The fourth-order valence-corrected chi connectivity index (χ4v) is 5.15. The minimum Gasteiger partial charge on any atom is -0.490 e. The summed E-state index contributed by atoms with van der Waals surface area (Å²) in [5.41, 5.74) is -1.07. The van der Waals surface area contributed by atoms with Gasteiger partial charge in [-0.1, -0.05) is 75.3 Å². The van der Waals surface area contributed by atoms with Gasteiger partial charge in [-0.05, 0) is 63.3 Å². The fraction of sp³-hybridized carbons (Fsp3) is 0.605. The molecule has 274 valence electrons. The number of esters is 2. The number of rotatable bonds is 26. The molecule has 0 spiro atoms. The summed E-state index contributed by atoms with van der Waals surface area (Å²) in [5, 5.41) is 23.7. The number of amides is 1. The molecule has 0 fully saturated rings. The zero-order valence-electron chi connectivity index (χ0n) is 30.0. The van der Waals surface area contributed by atoms with E-state index in [1.807, 2.05) is 19.9 Å². The summed E-state index contributed by atoms with van der Waals surface area (Å²) in [7, 11) is 2.20. The van der Waals surface area contributed by atoms with Crippen LogP contribution in [0.25, 0.3) is 0 Å². The van der Waals surface area contributed by atoms with Crippen LogP contribution in [0.3, 0.4) is 0 Å². The number of hydrogen-bond acceptors (Lipinski definition) is 9. The Morgan fingerprint density at radius 3 is 2.04 bits per heavy atom. The van der Waals surface area contributed by atoms with Crippen LogP contribution in [0.1, 0.15) is 110 Å². The molecule has 1 amide bonds. The molecular weight excluding hydrogens is 630 g/mol. The van der Waals surface area contributed by atoms with Gasteiger partial charge in [0.05, 0.1) is 26.6 Å². The molecule has 0 saturated heterocycles. The van der Waals surface area contributed by atoms with Crippen molar-refractivity contribution in [3.05, 3.63) is 53.6 Å². The van der Waals surface area contributed by atoms with E-state index >= 15 is 0 Å². The van der Waals surface area contributed by atoms with Gasteiger partial charge in [-0.2, -0.15) is 0 Å². The van der Waals surface area contributed by atoms with Crippen molar-refractivity contribution in [3.8, 4) is 5.75 Å². The van der Waals surface area contributed by atoms with E-state index in [0.29, 0.717) is 43.6 Å². The van der Waals surface area contributed by atoms with Crippen LogP contribution in [0.5, 0.6) is 5.75 Å². The molecule has 1 aromatic rings. The van der Waals surface area contributed by atoms with Crippen molar-refractivity contribution in [3.63, 3.8) is 0 Å². The molecule has 49 heavy (non-hydrogen) atoms. The highest BCUT2D eigenvalue weighted by molar-refractivity contribution is 5.95. The number of methoxy groups -OCH3 is 2. The van der Waals surface area contributed by atoms with Crippen molar-refractivity contribution in [1.29, 1.82) is 0 Å². The van der Waals surface area contributed by atoms with E-state index in [2.05, 4.69) is 17.0 Å². The van der Waals surface area contributed by atoms with Gasteiger partial charge in [-0.15, -0.1) is 0 Å². The first-order chi connectivity index (χ1) is 23.4. The molecular formula is C38H57NO10. The summed E-state index contributed by atoms with van der Waals surface area (Å²) >= 11 is 0. The zero-order chi connectivity index (χ0) is 36.7. The number of aliphatic carboxylic acids is 1. The summed E-state index contributed by atoms with van der Waals surface area (Å²) < 4.78 is 15.2. The lowest BCUT2D eigenvalue weighted by molar-refractivity contribution is -0.173. The van der Waals surface area contributed by atoms with E-state index in [9.17, 15) is 34.2 Å². The number of carboxylic acids is 1. The summed E-state index contributed by atoms with van der Waals surface area (Å²) in [4.78, 5) is 62.8. The number of unbranched alkanes of at least 4 members (excludes halogenated alkanes) is 8. The summed E-state index contributed by atoms with van der Waals surface area (Å²) in [6.07, 6.45) is 14.2. The van der Waals surface area contributed by atoms with Crippen molar-refractivity contribution >= 4 is 29.6 Å². The van der Waals surface area contributed by atoms with Crippen molar-refractivity contribution in [2.45, 2.75) is 122 Å². The van der Waals surface area contributed by atoms with Gasteiger partial charge in [-0.25, -0.2) is 9.59 Å². The van der Waals surface area contributed by atoms with E-state index < -0.39 is 47.8 Å². The third-order valence-corrected chi connectivity index (χ3v) is 8.18. The molecule has 0 unspecified atom stereocenters. The maximum Gasteiger partial charge on any atom is 0.337 e. The lowest BCUT2D eigenvalue weighted by atomic mass is 9.82. The van der Waals surface area contributed by atoms with Gasteiger partial charge in [0.25, 0.3) is 0 Å². The van der Waals surface area contributed by atoms with Gasteiger partial charge in [-0.3, -0.25) is 14.4 Å². The second-order valence-electron chi connectivity index (χ2n) is 12.6. The number of benzene rings is 1. The van der Waals surface area contributed by atoms with Gasteiger partial charge < -0.3 is 29.7 Å². The fourth-order valence-electron chi connectivity index (χ4n) is 5.15. The van der Waals surface area contributed by atoms with E-state index in [0.717, 1.165) is 51.9 Å². The minimum absolute atomic E-state index is 0.00690. The molecule has 0 aliphatic heterocycles. The predicted molar refractivity (Wildman–Crippen MR) is 187 cm³/mol. The molecule has 0 radical (unpaired) electrons. The lowest BCUT2D eigenvalue weighted by Gasteiger charge is -2.30. The number of ether oxygens (including phenoxy) is 3. The highest BCUT2D eigenvalue weighted by Gasteiger charge is 2.49. The lowest BCUT2D eigenvalue weighted by Crippen LogP contribution is -2.55. The number of Topliss-reactive ketones (excluding diaryl/α,β-unsaturated/α-hetero) is 1. The molecule has 0 saturated carbocycles. The predicted octanol–water partition coefficient (Wildman–Crippen LogP) is 6.05. The average molecular weight is 688 g/mol. The van der Waals surface area contributed by atoms with Crippen LogP contribution in [0, 0.1) is 5.92 Å². The van der Waals surface area contributed by atoms with Crippen molar-refractivity contribution < 1.29 is 48.4 Å². The first-order valence-electron chi connectivity index (χ1n) is 17.3. The molecule has 0 aromatic heterocycles. The number of carbonyl (C=O) groups is 5. The molecule has 0 bridgehead atoms. The molecule has 0 aliphatic rings. The van der Waals surface area contributed by atoms with Gasteiger partial charge >= 0.3 is 17.9 Å². The summed E-state index contributed by atoms with van der Waals surface area (Å²) in [6, 6.07) is 5.69. The van der Waals surface area contributed by atoms with Crippen LogP contribution in [0.2, 0.25) is 0 Å². The van der Waals surface area contributed by atoms with Crippen LogP contribution in [0.4, 0.5) is 0 Å². The van der Waals surface area contributed by atoms with Crippen molar-refractivity contribution in [1.82, 2.24) is 5.32 Å². The molecule has 0 aliphatic carbocycles. The Kier molecular flexibility index (Phi) is 21.2. The molecule has 3 N–H and O–H groups in total. The standard InChI is InChI=1S/C38H57NO10/c1-6-7-8-11-14-17-30(40)18-15-12-9-10-13-16-19-32(38(46,37(44)45)27-34(41)47-4)35(42)39-33(36(43)48-5)26-29-20-22-31(23-21-29)49-25-24-28(2)3/h16,19-24,32-33,46H,6-15,17-18,25-27H2,1-5H3,(H,39,42)(H,44,45)/b19-16+/t32-,33-,38-/m0/s1. The molecule has 11 heteroatoms. The maximum absolute atomic E-state index is 13.6. The van der Waals surface area contributed by atoms with Crippen LogP contribution in [-0.2, 0) is 39.9 Å². The maximum atomic E-state index is 13.6. The van der Waals surface area contributed by atoms with E-state index in [-0.39, 0.29) is 12.2 Å².